The maximum atomic E-state index is 9.44. The van der Waals surface area contributed by atoms with E-state index in [9.17, 15) is 5.11 Å². The lowest BCUT2D eigenvalue weighted by Gasteiger charge is -2.24. The molecule has 0 saturated heterocycles. The summed E-state index contributed by atoms with van der Waals surface area (Å²) in [5.41, 5.74) is 0.156. The lowest BCUT2D eigenvalue weighted by molar-refractivity contribution is 0.154. The smallest absolute Gasteiger partial charge is 0.0522 e. The summed E-state index contributed by atoms with van der Waals surface area (Å²) in [6, 6.07) is 0. The van der Waals surface area contributed by atoms with Crippen LogP contribution in [0.4, 0.5) is 0 Å². The molecule has 1 aliphatic rings. The van der Waals surface area contributed by atoms with Gasteiger partial charge < -0.3 is 5.11 Å². The zero-order valence-electron chi connectivity index (χ0n) is 10.9. The molecule has 1 nitrogen and oxygen atoms in total. The van der Waals surface area contributed by atoms with Crippen LogP contribution >= 0.6 is 0 Å². The molecule has 0 amide bonds. The predicted octanol–water partition coefficient (Wildman–Crippen LogP) is 4.46. The van der Waals surface area contributed by atoms with Crippen LogP contribution in [0, 0.1) is 5.41 Å². The quantitative estimate of drug-likeness (QED) is 0.453. The number of unbranched alkanes of at least 4 members (excludes halogenated alkanes) is 6. The molecule has 1 N–H and O–H groups in total. The Morgan fingerprint density at radius 3 is 2.31 bits per heavy atom. The van der Waals surface area contributed by atoms with Crippen molar-refractivity contribution in [3.8, 4) is 0 Å². The van der Waals surface area contributed by atoms with E-state index in [4.69, 9.17) is 0 Å². The molecule has 0 bridgehead atoms. The fourth-order valence-corrected chi connectivity index (χ4v) is 2.64. The molecule has 0 heterocycles. The minimum atomic E-state index is 0.156. The fraction of sp³-hybridized carbons (Fsp3) is 0.867. The topological polar surface area (TPSA) is 20.2 Å². The highest BCUT2D eigenvalue weighted by Crippen LogP contribution is 2.36. The molecule has 1 rings (SSSR count). The Balaban J connectivity index is 1.99. The van der Waals surface area contributed by atoms with E-state index in [1.807, 2.05) is 0 Å². The first-order valence-corrected chi connectivity index (χ1v) is 7.11. The van der Waals surface area contributed by atoms with Gasteiger partial charge in [-0.05, 0) is 19.3 Å². The van der Waals surface area contributed by atoms with Gasteiger partial charge in [0.2, 0.25) is 0 Å². The number of aliphatic hydroxyl groups is 1. The van der Waals surface area contributed by atoms with Gasteiger partial charge in [0, 0.05) is 5.41 Å². The summed E-state index contributed by atoms with van der Waals surface area (Å²) in [4.78, 5) is 0. The summed E-state index contributed by atoms with van der Waals surface area (Å²) < 4.78 is 0. The van der Waals surface area contributed by atoms with Crippen LogP contribution < -0.4 is 0 Å². The second-order valence-electron chi connectivity index (χ2n) is 5.33. The van der Waals surface area contributed by atoms with Crippen LogP contribution in [0.5, 0.6) is 0 Å². The Labute approximate surface area is 101 Å². The van der Waals surface area contributed by atoms with Crippen molar-refractivity contribution in [3.05, 3.63) is 12.2 Å². The summed E-state index contributed by atoms with van der Waals surface area (Å²) in [6.07, 6.45) is 17.5. The van der Waals surface area contributed by atoms with E-state index < -0.39 is 0 Å². The van der Waals surface area contributed by atoms with Gasteiger partial charge in [-0.3, -0.25) is 0 Å². The third kappa shape index (κ3) is 4.69. The molecule has 0 unspecified atom stereocenters. The Bertz CT molecular complexity index is 198. The largest absolute Gasteiger partial charge is 0.395 e. The fourth-order valence-electron chi connectivity index (χ4n) is 2.64. The van der Waals surface area contributed by atoms with Gasteiger partial charge >= 0.3 is 0 Å². The highest BCUT2D eigenvalue weighted by atomic mass is 16.3. The highest BCUT2D eigenvalue weighted by Gasteiger charge is 2.27. The third-order valence-corrected chi connectivity index (χ3v) is 3.87. The molecule has 0 aromatic rings. The summed E-state index contributed by atoms with van der Waals surface area (Å²) >= 11 is 0. The molecule has 0 fully saturated rings. The van der Waals surface area contributed by atoms with Crippen LogP contribution in [0.3, 0.4) is 0 Å². The van der Waals surface area contributed by atoms with Gasteiger partial charge in [0.05, 0.1) is 6.61 Å². The Hall–Kier alpha value is -0.300. The molecule has 0 aliphatic heterocycles. The zero-order valence-corrected chi connectivity index (χ0v) is 10.9. The molecule has 1 aliphatic carbocycles. The molecular weight excluding hydrogens is 196 g/mol. The second kappa shape index (κ2) is 7.89. The SMILES string of the molecule is CCCCCCCCC[C@]1(CO)C=CCC1. The highest BCUT2D eigenvalue weighted by molar-refractivity contribution is 5.06. The van der Waals surface area contributed by atoms with Gasteiger partial charge in [0.25, 0.3) is 0 Å². The van der Waals surface area contributed by atoms with Crippen LogP contribution in [-0.2, 0) is 0 Å². The standard InChI is InChI=1S/C15H28O/c1-2-3-4-5-6-7-8-11-15(14-16)12-9-10-13-15/h9,12,16H,2-8,10-11,13-14H2,1H3/t15-/m0/s1. The maximum Gasteiger partial charge on any atom is 0.0522 e. The van der Waals surface area contributed by atoms with Crippen molar-refractivity contribution in [1.82, 2.24) is 0 Å². The van der Waals surface area contributed by atoms with E-state index in [0.717, 1.165) is 6.42 Å². The molecule has 0 aromatic carbocycles. The normalized spacial score (nSPS) is 24.1. The molecule has 0 saturated carbocycles. The van der Waals surface area contributed by atoms with E-state index in [-0.39, 0.29) is 5.41 Å². The van der Waals surface area contributed by atoms with Gasteiger partial charge in [0.1, 0.15) is 0 Å². The van der Waals surface area contributed by atoms with Crippen molar-refractivity contribution >= 4 is 0 Å². The van der Waals surface area contributed by atoms with Crippen molar-refractivity contribution in [1.29, 1.82) is 0 Å². The van der Waals surface area contributed by atoms with Crippen LogP contribution in [0.25, 0.3) is 0 Å². The maximum absolute atomic E-state index is 9.44. The third-order valence-electron chi connectivity index (χ3n) is 3.87. The molecule has 1 atom stereocenters. The van der Waals surface area contributed by atoms with E-state index >= 15 is 0 Å². The summed E-state index contributed by atoms with van der Waals surface area (Å²) in [6.45, 7) is 2.61. The molecule has 1 heteroatoms. The Morgan fingerprint density at radius 1 is 1.06 bits per heavy atom. The summed E-state index contributed by atoms with van der Waals surface area (Å²) in [7, 11) is 0. The van der Waals surface area contributed by atoms with Crippen molar-refractivity contribution < 1.29 is 5.11 Å². The van der Waals surface area contributed by atoms with Crippen LogP contribution in [0.2, 0.25) is 0 Å². The van der Waals surface area contributed by atoms with Gasteiger partial charge in [-0.1, -0.05) is 64.0 Å². The van der Waals surface area contributed by atoms with Crippen molar-refractivity contribution in [2.75, 3.05) is 6.61 Å². The molecule has 0 radical (unpaired) electrons. The van der Waals surface area contributed by atoms with Gasteiger partial charge in [-0.2, -0.15) is 0 Å². The predicted molar refractivity (Wildman–Crippen MR) is 70.5 cm³/mol. The number of aliphatic hydroxyl groups excluding tert-OH is 1. The summed E-state index contributed by atoms with van der Waals surface area (Å²) in [5, 5.41) is 9.44. The molecule has 0 aromatic heterocycles. The summed E-state index contributed by atoms with van der Waals surface area (Å²) in [5.74, 6) is 0. The monoisotopic (exact) mass is 224 g/mol. The number of hydrogen-bond donors (Lipinski definition) is 1. The van der Waals surface area contributed by atoms with E-state index in [1.54, 1.807) is 0 Å². The average Bonchev–Trinajstić information content (AvgIpc) is 2.77. The lowest BCUT2D eigenvalue weighted by Crippen LogP contribution is -2.19. The Kier molecular flexibility index (Phi) is 6.79. The first-order valence-electron chi connectivity index (χ1n) is 7.11. The van der Waals surface area contributed by atoms with Crippen molar-refractivity contribution in [2.45, 2.75) is 71.1 Å². The molecule has 16 heavy (non-hydrogen) atoms. The van der Waals surface area contributed by atoms with Crippen molar-refractivity contribution in [3.63, 3.8) is 0 Å². The van der Waals surface area contributed by atoms with E-state index in [2.05, 4.69) is 19.1 Å². The lowest BCUT2D eigenvalue weighted by atomic mass is 9.83. The van der Waals surface area contributed by atoms with Gasteiger partial charge in [-0.25, -0.2) is 0 Å². The Morgan fingerprint density at radius 2 is 1.75 bits per heavy atom. The van der Waals surface area contributed by atoms with Gasteiger partial charge in [0.15, 0.2) is 0 Å². The van der Waals surface area contributed by atoms with Crippen molar-refractivity contribution in [2.24, 2.45) is 5.41 Å². The molecule has 0 spiro atoms. The molecule has 94 valence electrons. The number of allylic oxidation sites excluding steroid dienone is 1. The van der Waals surface area contributed by atoms with E-state index in [0.29, 0.717) is 6.61 Å². The minimum Gasteiger partial charge on any atom is -0.395 e. The minimum absolute atomic E-state index is 0.156. The number of rotatable bonds is 9. The first kappa shape index (κ1) is 13.8. The zero-order chi connectivity index (χ0) is 11.7. The first-order chi connectivity index (χ1) is 7.83. The van der Waals surface area contributed by atoms with Crippen LogP contribution in [-0.4, -0.2) is 11.7 Å². The van der Waals surface area contributed by atoms with E-state index in [1.165, 1.54) is 57.8 Å². The molecular formula is C15H28O. The number of hydrogen-bond acceptors (Lipinski definition) is 1. The van der Waals surface area contributed by atoms with Gasteiger partial charge in [-0.15, -0.1) is 0 Å². The van der Waals surface area contributed by atoms with Crippen LogP contribution in [0.15, 0.2) is 12.2 Å². The second-order valence-corrected chi connectivity index (χ2v) is 5.33. The average molecular weight is 224 g/mol. The van der Waals surface area contributed by atoms with Crippen LogP contribution in [0.1, 0.15) is 71.1 Å².